The molecule has 0 aliphatic carbocycles. The Hall–Kier alpha value is -1.56. The number of carbonyl (C=O) groups excluding carboxylic acids is 1. The van der Waals surface area contributed by atoms with E-state index in [1.807, 2.05) is 0 Å². The molecule has 1 aromatic carbocycles. The summed E-state index contributed by atoms with van der Waals surface area (Å²) in [7, 11) is -3.57. The van der Waals surface area contributed by atoms with Gasteiger partial charge in [0.25, 0.3) is 5.91 Å². The van der Waals surface area contributed by atoms with Gasteiger partial charge in [-0.25, -0.2) is 8.42 Å². The van der Waals surface area contributed by atoms with E-state index in [0.29, 0.717) is 31.7 Å². The predicted octanol–water partition coefficient (Wildman–Crippen LogP) is 1.80. The third-order valence-electron chi connectivity index (χ3n) is 4.58. The van der Waals surface area contributed by atoms with Gasteiger partial charge in [0.05, 0.1) is 16.9 Å². The first-order valence-corrected chi connectivity index (χ1v) is 11.0. The molecule has 25 heavy (non-hydrogen) atoms. The lowest BCUT2D eigenvalue weighted by atomic mass is 9.99. The van der Waals surface area contributed by atoms with Crippen LogP contribution in [0.3, 0.4) is 0 Å². The first kappa shape index (κ1) is 18.2. The van der Waals surface area contributed by atoms with E-state index in [4.69, 9.17) is 5.26 Å². The Balaban J connectivity index is 1.81. The SMILES string of the molecule is N#C[C@@H]1CCCN(C(=O)c2cccc(S(=O)(=O)N3CCSCC3)c2)C1. The number of hydrogen-bond donors (Lipinski definition) is 0. The largest absolute Gasteiger partial charge is 0.337 e. The minimum Gasteiger partial charge on any atom is -0.337 e. The Morgan fingerprint density at radius 1 is 1.24 bits per heavy atom. The summed E-state index contributed by atoms with van der Waals surface area (Å²) in [5.74, 6) is 1.24. The number of carbonyl (C=O) groups is 1. The van der Waals surface area contributed by atoms with Crippen LogP contribution in [0, 0.1) is 17.2 Å². The molecule has 6 nitrogen and oxygen atoms in total. The van der Waals surface area contributed by atoms with Crippen molar-refractivity contribution in [1.82, 2.24) is 9.21 Å². The molecule has 2 aliphatic heterocycles. The van der Waals surface area contributed by atoms with Gasteiger partial charge < -0.3 is 4.90 Å². The second-order valence-corrected chi connectivity index (χ2v) is 9.43. The van der Waals surface area contributed by atoms with Crippen LogP contribution < -0.4 is 0 Å². The van der Waals surface area contributed by atoms with Crippen LogP contribution in [0.2, 0.25) is 0 Å². The molecule has 0 spiro atoms. The van der Waals surface area contributed by atoms with Crippen LogP contribution in [0.5, 0.6) is 0 Å². The molecule has 8 heteroatoms. The fraction of sp³-hybridized carbons (Fsp3) is 0.529. The Morgan fingerprint density at radius 2 is 2.00 bits per heavy atom. The number of nitriles is 1. The molecule has 1 aromatic rings. The summed E-state index contributed by atoms with van der Waals surface area (Å²) in [5.41, 5.74) is 0.367. The first-order chi connectivity index (χ1) is 12.0. The zero-order valence-electron chi connectivity index (χ0n) is 13.9. The zero-order valence-corrected chi connectivity index (χ0v) is 15.6. The molecule has 2 saturated heterocycles. The predicted molar refractivity (Wildman–Crippen MR) is 96.8 cm³/mol. The molecule has 0 bridgehead atoms. The second kappa shape index (κ2) is 7.77. The number of rotatable bonds is 3. The van der Waals surface area contributed by atoms with Gasteiger partial charge in [-0.1, -0.05) is 6.07 Å². The smallest absolute Gasteiger partial charge is 0.253 e. The maximum atomic E-state index is 12.8. The van der Waals surface area contributed by atoms with Gasteiger partial charge >= 0.3 is 0 Å². The Kier molecular flexibility index (Phi) is 5.67. The molecule has 0 aromatic heterocycles. The maximum absolute atomic E-state index is 12.8. The molecular formula is C17H21N3O3S2. The zero-order chi connectivity index (χ0) is 17.9. The topological polar surface area (TPSA) is 81.5 Å². The molecule has 2 heterocycles. The molecule has 134 valence electrons. The normalized spacial score (nSPS) is 22.4. The van der Waals surface area contributed by atoms with Crippen LogP contribution in [-0.4, -0.2) is 61.2 Å². The van der Waals surface area contributed by atoms with Gasteiger partial charge in [0.1, 0.15) is 0 Å². The molecule has 2 aliphatic rings. The van der Waals surface area contributed by atoms with Crippen LogP contribution in [0.25, 0.3) is 0 Å². The van der Waals surface area contributed by atoms with Gasteiger partial charge in [-0.15, -0.1) is 0 Å². The van der Waals surface area contributed by atoms with Crippen molar-refractivity contribution < 1.29 is 13.2 Å². The average molecular weight is 380 g/mol. The third kappa shape index (κ3) is 4.00. The number of thioether (sulfide) groups is 1. The fourth-order valence-corrected chi connectivity index (χ4v) is 5.80. The van der Waals surface area contributed by atoms with Crippen LogP contribution in [0.15, 0.2) is 29.2 Å². The third-order valence-corrected chi connectivity index (χ3v) is 7.42. The van der Waals surface area contributed by atoms with Crippen LogP contribution in [0.1, 0.15) is 23.2 Å². The van der Waals surface area contributed by atoms with Crippen LogP contribution in [-0.2, 0) is 10.0 Å². The molecule has 2 fully saturated rings. The lowest BCUT2D eigenvalue weighted by molar-refractivity contribution is 0.0698. The van der Waals surface area contributed by atoms with Crippen molar-refractivity contribution in [3.8, 4) is 6.07 Å². The lowest BCUT2D eigenvalue weighted by Gasteiger charge is -2.30. The van der Waals surface area contributed by atoms with Crippen molar-refractivity contribution in [2.45, 2.75) is 17.7 Å². The summed E-state index contributed by atoms with van der Waals surface area (Å²) >= 11 is 1.75. The monoisotopic (exact) mass is 379 g/mol. The highest BCUT2D eigenvalue weighted by atomic mass is 32.2. The van der Waals surface area contributed by atoms with Crippen molar-refractivity contribution in [2.75, 3.05) is 37.7 Å². The van der Waals surface area contributed by atoms with E-state index in [9.17, 15) is 13.2 Å². The van der Waals surface area contributed by atoms with E-state index in [2.05, 4.69) is 6.07 Å². The number of piperidine rings is 1. The lowest BCUT2D eigenvalue weighted by Crippen LogP contribution is -2.40. The summed E-state index contributed by atoms with van der Waals surface area (Å²) in [5, 5.41) is 9.08. The number of amides is 1. The summed E-state index contributed by atoms with van der Waals surface area (Å²) in [6, 6.07) is 8.49. The van der Waals surface area contributed by atoms with E-state index in [1.165, 1.54) is 10.4 Å². The molecule has 0 unspecified atom stereocenters. The number of benzene rings is 1. The van der Waals surface area contributed by atoms with Crippen LogP contribution >= 0.6 is 11.8 Å². The molecular weight excluding hydrogens is 358 g/mol. The van der Waals surface area contributed by atoms with E-state index in [-0.39, 0.29) is 16.7 Å². The molecule has 3 rings (SSSR count). The molecule has 1 atom stereocenters. The van der Waals surface area contributed by atoms with E-state index in [1.54, 1.807) is 34.9 Å². The Labute approximate surface area is 152 Å². The minimum atomic E-state index is -3.57. The van der Waals surface area contributed by atoms with Crippen molar-refractivity contribution >= 4 is 27.7 Å². The van der Waals surface area contributed by atoms with Gasteiger partial charge in [-0.05, 0) is 31.0 Å². The molecule has 0 N–H and O–H groups in total. The van der Waals surface area contributed by atoms with E-state index >= 15 is 0 Å². The van der Waals surface area contributed by atoms with Crippen molar-refractivity contribution in [3.05, 3.63) is 29.8 Å². The number of likely N-dealkylation sites (tertiary alicyclic amines) is 1. The van der Waals surface area contributed by atoms with Gasteiger partial charge in [-0.2, -0.15) is 21.3 Å². The van der Waals surface area contributed by atoms with Crippen molar-refractivity contribution in [2.24, 2.45) is 5.92 Å². The molecule has 1 amide bonds. The molecule has 0 radical (unpaired) electrons. The number of sulfonamides is 1. The van der Waals surface area contributed by atoms with Gasteiger partial charge in [0, 0.05) is 43.2 Å². The number of nitrogens with zero attached hydrogens (tertiary/aromatic N) is 3. The standard InChI is InChI=1S/C17H21N3O3S2/c18-12-14-3-2-6-19(13-14)17(21)15-4-1-5-16(11-15)25(22,23)20-7-9-24-10-8-20/h1,4-5,11,14H,2-3,6-10,13H2/t14-/m0/s1. The highest BCUT2D eigenvalue weighted by Crippen LogP contribution is 2.23. The minimum absolute atomic E-state index is 0.143. The number of hydrogen-bond acceptors (Lipinski definition) is 5. The molecule has 0 saturated carbocycles. The van der Waals surface area contributed by atoms with Gasteiger partial charge in [-0.3, -0.25) is 4.79 Å². The van der Waals surface area contributed by atoms with E-state index in [0.717, 1.165) is 24.3 Å². The van der Waals surface area contributed by atoms with Gasteiger partial charge in [0.2, 0.25) is 10.0 Å². The maximum Gasteiger partial charge on any atom is 0.253 e. The summed E-state index contributed by atoms with van der Waals surface area (Å²) in [4.78, 5) is 14.5. The Morgan fingerprint density at radius 3 is 2.72 bits per heavy atom. The summed E-state index contributed by atoms with van der Waals surface area (Å²) in [6.07, 6.45) is 1.61. The quantitative estimate of drug-likeness (QED) is 0.800. The Bertz CT molecular complexity index is 783. The highest BCUT2D eigenvalue weighted by Gasteiger charge is 2.28. The summed E-state index contributed by atoms with van der Waals surface area (Å²) < 4.78 is 27.1. The fourth-order valence-electron chi connectivity index (χ4n) is 3.18. The summed E-state index contributed by atoms with van der Waals surface area (Å²) in [6.45, 7) is 2.02. The van der Waals surface area contributed by atoms with Gasteiger partial charge in [0.15, 0.2) is 0 Å². The average Bonchev–Trinajstić information content (AvgIpc) is 2.68. The van der Waals surface area contributed by atoms with Crippen molar-refractivity contribution in [3.63, 3.8) is 0 Å². The highest BCUT2D eigenvalue weighted by molar-refractivity contribution is 7.99. The van der Waals surface area contributed by atoms with Crippen molar-refractivity contribution in [1.29, 1.82) is 5.26 Å². The second-order valence-electron chi connectivity index (χ2n) is 6.26. The van der Waals surface area contributed by atoms with E-state index < -0.39 is 10.0 Å². The van der Waals surface area contributed by atoms with Crippen LogP contribution in [0.4, 0.5) is 0 Å². The first-order valence-electron chi connectivity index (χ1n) is 8.39.